The van der Waals surface area contributed by atoms with Crippen LogP contribution in [0.5, 0.6) is 5.75 Å². The quantitative estimate of drug-likeness (QED) is 0.637. The first kappa shape index (κ1) is 19.4. The first-order valence-corrected chi connectivity index (χ1v) is 11.1. The van der Waals surface area contributed by atoms with Crippen LogP contribution in [0, 0.1) is 0 Å². The van der Waals surface area contributed by atoms with Crippen LogP contribution >= 0.6 is 0 Å². The number of anilines is 1. The van der Waals surface area contributed by atoms with E-state index in [0.29, 0.717) is 22.9 Å². The Morgan fingerprint density at radius 3 is 2.48 bits per heavy atom. The van der Waals surface area contributed by atoms with Gasteiger partial charge in [-0.1, -0.05) is 31.4 Å². The molecule has 2 aromatic carbocycles. The van der Waals surface area contributed by atoms with Gasteiger partial charge in [0.15, 0.2) is 0 Å². The van der Waals surface area contributed by atoms with E-state index in [1.54, 1.807) is 30.3 Å². The van der Waals surface area contributed by atoms with Crippen molar-refractivity contribution in [1.29, 1.82) is 0 Å². The molecule has 2 N–H and O–H groups in total. The van der Waals surface area contributed by atoms with Crippen LogP contribution in [0.15, 0.2) is 47.4 Å². The van der Waals surface area contributed by atoms with Crippen molar-refractivity contribution in [1.82, 2.24) is 20.6 Å². The highest BCUT2D eigenvalue weighted by atomic mass is 32.2. The average molecular weight is 414 g/mol. The number of aromatic nitrogens is 4. The van der Waals surface area contributed by atoms with Gasteiger partial charge in [-0.25, -0.2) is 8.42 Å². The molecule has 1 aliphatic rings. The monoisotopic (exact) mass is 413 g/mol. The molecule has 0 saturated heterocycles. The van der Waals surface area contributed by atoms with E-state index in [1.165, 1.54) is 44.8 Å². The van der Waals surface area contributed by atoms with Gasteiger partial charge < -0.3 is 4.74 Å². The van der Waals surface area contributed by atoms with Gasteiger partial charge in [-0.05, 0) is 59.9 Å². The lowest BCUT2D eigenvalue weighted by Gasteiger charge is -2.22. The molecule has 3 aromatic rings. The van der Waals surface area contributed by atoms with Crippen molar-refractivity contribution in [2.45, 2.75) is 42.9 Å². The largest absolute Gasteiger partial charge is 0.497 e. The molecular formula is C20H23N5O3S. The summed E-state index contributed by atoms with van der Waals surface area (Å²) in [5.74, 6) is 1.36. The smallest absolute Gasteiger partial charge is 0.261 e. The van der Waals surface area contributed by atoms with Crippen LogP contribution in [-0.4, -0.2) is 36.2 Å². The standard InChI is InChI=1S/C20H23N5O3S/c1-28-16-9-12-19(18(13-16)20-21-24-25-22-20)23-29(26,27)17-10-7-15(8-11-17)14-5-3-2-4-6-14/h7-14,23H,2-6H2,1H3,(H,21,22,24,25). The number of nitrogens with zero attached hydrogens (tertiary/aromatic N) is 3. The number of tetrazole rings is 1. The van der Waals surface area contributed by atoms with E-state index in [0.717, 1.165) is 0 Å². The number of benzene rings is 2. The zero-order valence-electron chi connectivity index (χ0n) is 16.1. The van der Waals surface area contributed by atoms with E-state index >= 15 is 0 Å². The van der Waals surface area contributed by atoms with Crippen LogP contribution in [-0.2, 0) is 10.0 Å². The van der Waals surface area contributed by atoms with Crippen molar-refractivity contribution in [2.24, 2.45) is 0 Å². The number of ether oxygens (including phenoxy) is 1. The molecule has 0 radical (unpaired) electrons. The molecule has 1 saturated carbocycles. The van der Waals surface area contributed by atoms with Crippen LogP contribution in [0.1, 0.15) is 43.6 Å². The molecule has 0 atom stereocenters. The summed E-state index contributed by atoms with van der Waals surface area (Å²) in [4.78, 5) is 0.215. The maximum absolute atomic E-state index is 13.0. The first-order chi connectivity index (χ1) is 14.1. The minimum absolute atomic E-state index is 0.215. The molecule has 0 aliphatic heterocycles. The summed E-state index contributed by atoms with van der Waals surface area (Å²) in [7, 11) is -2.24. The lowest BCUT2D eigenvalue weighted by Crippen LogP contribution is -2.14. The van der Waals surface area contributed by atoms with E-state index in [9.17, 15) is 8.42 Å². The van der Waals surface area contributed by atoms with E-state index in [-0.39, 0.29) is 10.7 Å². The highest BCUT2D eigenvalue weighted by Gasteiger charge is 2.20. The Bertz CT molecular complexity index is 1060. The summed E-state index contributed by atoms with van der Waals surface area (Å²) in [5, 5.41) is 13.8. The average Bonchev–Trinajstić information content (AvgIpc) is 3.29. The maximum atomic E-state index is 13.0. The van der Waals surface area contributed by atoms with Gasteiger partial charge in [-0.15, -0.1) is 10.2 Å². The summed E-state index contributed by atoms with van der Waals surface area (Å²) < 4.78 is 33.8. The van der Waals surface area contributed by atoms with Crippen molar-refractivity contribution in [2.75, 3.05) is 11.8 Å². The molecule has 1 heterocycles. The predicted octanol–water partition coefficient (Wildman–Crippen LogP) is 3.72. The number of hydrogen-bond donors (Lipinski definition) is 2. The Hall–Kier alpha value is -2.94. The van der Waals surface area contributed by atoms with E-state index in [1.807, 2.05) is 12.1 Å². The number of rotatable bonds is 6. The fourth-order valence-corrected chi connectivity index (χ4v) is 4.84. The molecule has 8 nitrogen and oxygen atoms in total. The molecule has 1 aliphatic carbocycles. The minimum Gasteiger partial charge on any atom is -0.497 e. The molecule has 29 heavy (non-hydrogen) atoms. The third-order valence-electron chi connectivity index (χ3n) is 5.32. The maximum Gasteiger partial charge on any atom is 0.261 e. The molecule has 0 bridgehead atoms. The first-order valence-electron chi connectivity index (χ1n) is 9.61. The Labute approximate surface area is 169 Å². The summed E-state index contributed by atoms with van der Waals surface area (Å²) in [5.41, 5.74) is 2.03. The lowest BCUT2D eigenvalue weighted by atomic mass is 9.84. The highest BCUT2D eigenvalue weighted by molar-refractivity contribution is 7.92. The number of H-pyrrole nitrogens is 1. The van der Waals surface area contributed by atoms with Crippen LogP contribution in [0.4, 0.5) is 5.69 Å². The lowest BCUT2D eigenvalue weighted by molar-refractivity contribution is 0.415. The Morgan fingerprint density at radius 1 is 1.07 bits per heavy atom. The topological polar surface area (TPSA) is 110 Å². The van der Waals surface area contributed by atoms with Crippen molar-refractivity contribution in [3.05, 3.63) is 48.0 Å². The molecular weight excluding hydrogens is 390 g/mol. The number of nitrogens with one attached hydrogen (secondary N) is 2. The van der Waals surface area contributed by atoms with Gasteiger partial charge in [-0.3, -0.25) is 4.72 Å². The van der Waals surface area contributed by atoms with Crippen molar-refractivity contribution < 1.29 is 13.2 Å². The second kappa shape index (κ2) is 8.20. The number of hydrogen-bond acceptors (Lipinski definition) is 6. The summed E-state index contributed by atoms with van der Waals surface area (Å²) in [6.07, 6.45) is 6.11. The molecule has 9 heteroatoms. The minimum atomic E-state index is -3.77. The van der Waals surface area contributed by atoms with E-state index in [4.69, 9.17) is 4.74 Å². The van der Waals surface area contributed by atoms with Gasteiger partial charge >= 0.3 is 0 Å². The molecule has 0 unspecified atom stereocenters. The van der Waals surface area contributed by atoms with Crippen molar-refractivity contribution in [3.8, 4) is 17.1 Å². The zero-order chi connectivity index (χ0) is 20.3. The van der Waals surface area contributed by atoms with Gasteiger partial charge in [0.1, 0.15) is 5.75 Å². The zero-order valence-corrected chi connectivity index (χ0v) is 16.9. The SMILES string of the molecule is COc1ccc(NS(=O)(=O)c2ccc(C3CCCCC3)cc2)c(-c2nn[nH]n2)c1. The third-order valence-corrected chi connectivity index (χ3v) is 6.71. The Balaban J connectivity index is 1.60. The van der Waals surface area contributed by atoms with Gasteiger partial charge in [0, 0.05) is 0 Å². The summed E-state index contributed by atoms with van der Waals surface area (Å²) in [6, 6.07) is 12.2. The molecule has 0 amide bonds. The number of sulfonamides is 1. The fraction of sp³-hybridized carbons (Fsp3) is 0.350. The van der Waals surface area contributed by atoms with Gasteiger partial charge in [0.25, 0.3) is 10.0 Å². The second-order valence-corrected chi connectivity index (χ2v) is 8.84. The van der Waals surface area contributed by atoms with Gasteiger partial charge in [0.05, 0.1) is 23.3 Å². The summed E-state index contributed by atoms with van der Waals surface area (Å²) in [6.45, 7) is 0. The Kier molecular flexibility index (Phi) is 5.48. The number of methoxy groups -OCH3 is 1. The van der Waals surface area contributed by atoms with E-state index in [2.05, 4.69) is 25.3 Å². The van der Waals surface area contributed by atoms with Gasteiger partial charge in [-0.2, -0.15) is 5.21 Å². The molecule has 1 fully saturated rings. The molecule has 0 spiro atoms. The van der Waals surface area contributed by atoms with Crippen LogP contribution in [0.25, 0.3) is 11.4 Å². The summed E-state index contributed by atoms with van der Waals surface area (Å²) >= 11 is 0. The van der Waals surface area contributed by atoms with Crippen LogP contribution in [0.3, 0.4) is 0 Å². The Morgan fingerprint density at radius 2 is 1.83 bits per heavy atom. The molecule has 152 valence electrons. The van der Waals surface area contributed by atoms with E-state index < -0.39 is 10.0 Å². The second-order valence-electron chi connectivity index (χ2n) is 7.16. The number of aromatic amines is 1. The molecule has 1 aromatic heterocycles. The predicted molar refractivity (Wildman–Crippen MR) is 109 cm³/mol. The molecule has 4 rings (SSSR count). The van der Waals surface area contributed by atoms with Crippen LogP contribution < -0.4 is 9.46 Å². The third kappa shape index (κ3) is 4.24. The van der Waals surface area contributed by atoms with Gasteiger partial charge in [0.2, 0.25) is 5.82 Å². The van der Waals surface area contributed by atoms with Crippen molar-refractivity contribution in [3.63, 3.8) is 0 Å². The van der Waals surface area contributed by atoms with Crippen molar-refractivity contribution >= 4 is 15.7 Å². The fourth-order valence-electron chi connectivity index (χ4n) is 3.76. The highest BCUT2D eigenvalue weighted by Crippen LogP contribution is 2.34. The normalized spacial score (nSPS) is 15.2. The van der Waals surface area contributed by atoms with Crippen LogP contribution in [0.2, 0.25) is 0 Å².